The molecule has 0 bridgehead atoms. The number of nitrogens with zero attached hydrogens (tertiary/aromatic N) is 3. The smallest absolute Gasteiger partial charge is 0.288 e. The zero-order valence-corrected chi connectivity index (χ0v) is 12.3. The van der Waals surface area contributed by atoms with Gasteiger partial charge in [-0.3, -0.25) is 4.90 Å². The summed E-state index contributed by atoms with van der Waals surface area (Å²) in [6.07, 6.45) is 8.09. The lowest BCUT2D eigenvalue weighted by Gasteiger charge is -2.23. The van der Waals surface area contributed by atoms with Crippen LogP contribution in [0, 0.1) is 4.84 Å². The quantitative estimate of drug-likeness (QED) is 0.808. The summed E-state index contributed by atoms with van der Waals surface area (Å²) < 4.78 is 12.5. The molecule has 0 saturated carbocycles. The van der Waals surface area contributed by atoms with Crippen LogP contribution in [-0.2, 0) is 6.67 Å². The molecule has 2 aromatic rings. The van der Waals surface area contributed by atoms with Crippen LogP contribution in [0.1, 0.15) is 32.1 Å². The average Bonchev–Trinajstić information content (AvgIpc) is 3.02. The number of furan rings is 1. The lowest BCUT2D eigenvalue weighted by atomic mass is 10.1. The first-order valence-electron chi connectivity index (χ1n) is 7.17. The second-order valence-electron chi connectivity index (χ2n) is 5.18. The molecule has 108 valence electrons. The van der Waals surface area contributed by atoms with E-state index < -0.39 is 0 Å². The molecule has 0 atom stereocenters. The zero-order valence-electron chi connectivity index (χ0n) is 11.5. The van der Waals surface area contributed by atoms with Gasteiger partial charge in [0.2, 0.25) is 0 Å². The van der Waals surface area contributed by atoms with E-state index in [1.165, 1.54) is 32.1 Å². The molecule has 1 aliphatic heterocycles. The minimum Gasteiger partial charge on any atom is -0.459 e. The molecule has 2 aromatic heterocycles. The van der Waals surface area contributed by atoms with E-state index in [-0.39, 0.29) is 0 Å². The minimum absolute atomic E-state index is 0.401. The van der Waals surface area contributed by atoms with E-state index in [4.69, 9.17) is 21.1 Å². The summed E-state index contributed by atoms with van der Waals surface area (Å²) in [4.78, 5) is 2.79. The average molecular weight is 293 g/mol. The Bertz CT molecular complexity index is 580. The van der Waals surface area contributed by atoms with Crippen molar-refractivity contribution in [2.24, 2.45) is 0 Å². The van der Waals surface area contributed by atoms with Gasteiger partial charge in [0.25, 0.3) is 10.7 Å². The second kappa shape index (κ2) is 6.37. The first-order chi connectivity index (χ1) is 9.83. The third kappa shape index (κ3) is 3.19. The maximum absolute atomic E-state index is 5.50. The SMILES string of the molecule is S=c1oc(-c2ccco2)nn1CN1CCCCCCC1. The van der Waals surface area contributed by atoms with Gasteiger partial charge in [-0.05, 0) is 50.3 Å². The van der Waals surface area contributed by atoms with Crippen LogP contribution in [0.15, 0.2) is 27.2 Å². The van der Waals surface area contributed by atoms with Gasteiger partial charge in [0.15, 0.2) is 5.76 Å². The normalized spacial score (nSPS) is 17.8. The van der Waals surface area contributed by atoms with Crippen LogP contribution in [0.2, 0.25) is 0 Å². The monoisotopic (exact) mass is 293 g/mol. The van der Waals surface area contributed by atoms with Crippen molar-refractivity contribution in [1.29, 1.82) is 0 Å². The van der Waals surface area contributed by atoms with E-state index in [0.29, 0.717) is 23.2 Å². The number of aromatic nitrogens is 2. The first kappa shape index (κ1) is 13.6. The fourth-order valence-corrected chi connectivity index (χ4v) is 2.72. The Balaban J connectivity index is 1.72. The summed E-state index contributed by atoms with van der Waals surface area (Å²) in [6.45, 7) is 2.90. The van der Waals surface area contributed by atoms with Gasteiger partial charge in [0.05, 0.1) is 12.9 Å². The van der Waals surface area contributed by atoms with Crippen molar-refractivity contribution in [3.8, 4) is 11.7 Å². The third-order valence-electron chi connectivity index (χ3n) is 3.62. The van der Waals surface area contributed by atoms with Gasteiger partial charge in [0, 0.05) is 0 Å². The Morgan fingerprint density at radius 2 is 1.90 bits per heavy atom. The highest BCUT2D eigenvalue weighted by Gasteiger charge is 2.14. The third-order valence-corrected chi connectivity index (χ3v) is 3.91. The summed E-state index contributed by atoms with van der Waals surface area (Å²) in [5, 5.41) is 4.41. The highest BCUT2D eigenvalue weighted by molar-refractivity contribution is 7.71. The van der Waals surface area contributed by atoms with Gasteiger partial charge in [-0.2, -0.15) is 0 Å². The van der Waals surface area contributed by atoms with Crippen LogP contribution in [0.25, 0.3) is 11.7 Å². The molecule has 6 heteroatoms. The molecule has 0 aliphatic carbocycles. The van der Waals surface area contributed by atoms with Crippen LogP contribution >= 0.6 is 12.2 Å². The molecule has 5 nitrogen and oxygen atoms in total. The van der Waals surface area contributed by atoms with Crippen LogP contribution in [0.3, 0.4) is 0 Å². The van der Waals surface area contributed by atoms with E-state index in [9.17, 15) is 0 Å². The van der Waals surface area contributed by atoms with Gasteiger partial charge in [-0.1, -0.05) is 19.3 Å². The van der Waals surface area contributed by atoms with Gasteiger partial charge in [-0.15, -0.1) is 5.10 Å². The Morgan fingerprint density at radius 3 is 2.60 bits per heavy atom. The van der Waals surface area contributed by atoms with Crippen LogP contribution in [-0.4, -0.2) is 27.8 Å². The van der Waals surface area contributed by atoms with Crippen molar-refractivity contribution in [2.45, 2.75) is 38.8 Å². The molecular formula is C14H19N3O2S. The van der Waals surface area contributed by atoms with Crippen molar-refractivity contribution in [3.05, 3.63) is 23.2 Å². The van der Waals surface area contributed by atoms with E-state index in [1.54, 1.807) is 10.9 Å². The summed E-state index contributed by atoms with van der Waals surface area (Å²) in [7, 11) is 0. The van der Waals surface area contributed by atoms with E-state index >= 15 is 0 Å². The molecule has 0 spiro atoms. The molecular weight excluding hydrogens is 274 g/mol. The molecule has 0 unspecified atom stereocenters. The zero-order chi connectivity index (χ0) is 13.8. The predicted molar refractivity (Wildman–Crippen MR) is 77.7 cm³/mol. The molecule has 3 rings (SSSR count). The number of rotatable bonds is 3. The maximum atomic E-state index is 5.50. The van der Waals surface area contributed by atoms with Crippen molar-refractivity contribution < 1.29 is 8.83 Å². The number of likely N-dealkylation sites (tertiary alicyclic amines) is 1. The van der Waals surface area contributed by atoms with Crippen molar-refractivity contribution in [2.75, 3.05) is 13.1 Å². The maximum Gasteiger partial charge on any atom is 0.288 e. The number of hydrogen-bond acceptors (Lipinski definition) is 5. The Hall–Kier alpha value is -1.40. The van der Waals surface area contributed by atoms with Gasteiger partial charge in [0.1, 0.15) is 0 Å². The van der Waals surface area contributed by atoms with Crippen LogP contribution < -0.4 is 0 Å². The Morgan fingerprint density at radius 1 is 1.15 bits per heavy atom. The Labute approximate surface area is 123 Å². The standard InChI is InChI=1S/C14H19N3O2S/c20-14-17(11-16-8-4-2-1-3-5-9-16)15-13(19-14)12-7-6-10-18-12/h6-7,10H,1-5,8-9,11H2. The van der Waals surface area contributed by atoms with Crippen molar-refractivity contribution in [3.63, 3.8) is 0 Å². The summed E-state index contributed by atoms with van der Waals surface area (Å²) in [6, 6.07) is 3.63. The molecule has 20 heavy (non-hydrogen) atoms. The van der Waals surface area contributed by atoms with Gasteiger partial charge in [-0.25, -0.2) is 4.68 Å². The molecule has 0 aromatic carbocycles. The van der Waals surface area contributed by atoms with Crippen molar-refractivity contribution >= 4 is 12.2 Å². The molecule has 1 fully saturated rings. The first-order valence-corrected chi connectivity index (χ1v) is 7.58. The fraction of sp³-hybridized carbons (Fsp3) is 0.571. The van der Waals surface area contributed by atoms with E-state index in [0.717, 1.165) is 13.1 Å². The van der Waals surface area contributed by atoms with E-state index in [1.807, 2.05) is 12.1 Å². The largest absolute Gasteiger partial charge is 0.459 e. The molecule has 0 radical (unpaired) electrons. The van der Waals surface area contributed by atoms with Crippen molar-refractivity contribution in [1.82, 2.24) is 14.7 Å². The highest BCUT2D eigenvalue weighted by atomic mass is 32.1. The summed E-state index contributed by atoms with van der Waals surface area (Å²) in [5.41, 5.74) is 0. The molecule has 3 heterocycles. The fourth-order valence-electron chi connectivity index (χ4n) is 2.54. The molecule has 0 N–H and O–H groups in total. The molecule has 0 amide bonds. The van der Waals surface area contributed by atoms with Gasteiger partial charge < -0.3 is 8.83 Å². The minimum atomic E-state index is 0.401. The lowest BCUT2D eigenvalue weighted by molar-refractivity contribution is 0.186. The highest BCUT2D eigenvalue weighted by Crippen LogP contribution is 2.18. The molecule has 1 saturated heterocycles. The topological polar surface area (TPSA) is 47.3 Å². The molecule has 1 aliphatic rings. The van der Waals surface area contributed by atoms with Gasteiger partial charge >= 0.3 is 0 Å². The second-order valence-corrected chi connectivity index (χ2v) is 5.53. The Kier molecular flexibility index (Phi) is 4.32. The summed E-state index contributed by atoms with van der Waals surface area (Å²) >= 11 is 5.24. The van der Waals surface area contributed by atoms with E-state index in [2.05, 4.69) is 10.00 Å². The number of hydrogen-bond donors (Lipinski definition) is 0. The predicted octanol–water partition coefficient (Wildman–Crippen LogP) is 3.69. The van der Waals surface area contributed by atoms with Crippen LogP contribution in [0.5, 0.6) is 0 Å². The lowest BCUT2D eigenvalue weighted by Crippen LogP contribution is -2.30. The van der Waals surface area contributed by atoms with Crippen LogP contribution in [0.4, 0.5) is 0 Å². The summed E-state index contributed by atoms with van der Waals surface area (Å²) in [5.74, 6) is 1.06.